The minimum Gasteiger partial charge on any atom is -0.360 e. The van der Waals surface area contributed by atoms with Crippen molar-refractivity contribution < 1.29 is 9.32 Å². The van der Waals surface area contributed by atoms with E-state index in [9.17, 15) is 4.79 Å². The van der Waals surface area contributed by atoms with Gasteiger partial charge in [-0.05, 0) is 19.1 Å². The molecule has 4 rings (SSSR count). The highest BCUT2D eigenvalue weighted by Gasteiger charge is 2.23. The molecule has 138 valence electrons. The van der Waals surface area contributed by atoms with Gasteiger partial charge in [0.15, 0.2) is 5.82 Å². The molecule has 4 heterocycles. The number of aryl methyl sites for hydroxylation is 1. The van der Waals surface area contributed by atoms with Crippen LogP contribution in [0.15, 0.2) is 47.4 Å². The van der Waals surface area contributed by atoms with Gasteiger partial charge in [0.05, 0.1) is 12.4 Å². The normalized spacial score (nSPS) is 14.3. The zero-order valence-corrected chi connectivity index (χ0v) is 14.9. The second-order valence-electron chi connectivity index (χ2n) is 6.20. The summed E-state index contributed by atoms with van der Waals surface area (Å²) in [6.07, 6.45) is 4.77. The van der Waals surface area contributed by atoms with E-state index in [2.05, 4.69) is 30.3 Å². The Kier molecular flexibility index (Phi) is 4.65. The predicted molar refractivity (Wildman–Crippen MR) is 98.9 cm³/mol. The Morgan fingerprint density at radius 2 is 1.93 bits per heavy atom. The lowest BCUT2D eigenvalue weighted by molar-refractivity contribution is 0.0740. The number of rotatable bonds is 4. The monoisotopic (exact) mass is 365 g/mol. The van der Waals surface area contributed by atoms with Crippen LogP contribution in [0.3, 0.4) is 0 Å². The van der Waals surface area contributed by atoms with Crippen LogP contribution in [0.2, 0.25) is 0 Å². The summed E-state index contributed by atoms with van der Waals surface area (Å²) >= 11 is 0. The van der Waals surface area contributed by atoms with Crippen molar-refractivity contribution in [1.29, 1.82) is 0 Å². The fourth-order valence-corrected chi connectivity index (χ4v) is 2.90. The summed E-state index contributed by atoms with van der Waals surface area (Å²) in [5.41, 5.74) is 0.322. The quantitative estimate of drug-likeness (QED) is 0.748. The Morgan fingerprint density at radius 3 is 2.56 bits per heavy atom. The van der Waals surface area contributed by atoms with E-state index in [1.54, 1.807) is 24.1 Å². The third-order valence-electron chi connectivity index (χ3n) is 4.30. The van der Waals surface area contributed by atoms with E-state index in [0.717, 1.165) is 18.9 Å². The van der Waals surface area contributed by atoms with Gasteiger partial charge in [0.25, 0.3) is 5.91 Å². The first-order valence-electron chi connectivity index (χ1n) is 8.67. The fourth-order valence-electron chi connectivity index (χ4n) is 2.90. The number of aromatic nitrogens is 4. The molecule has 9 nitrogen and oxygen atoms in total. The molecule has 1 aliphatic heterocycles. The van der Waals surface area contributed by atoms with Gasteiger partial charge in [-0.2, -0.15) is 0 Å². The first kappa shape index (κ1) is 17.0. The topological polar surface area (TPSA) is 100 Å². The number of nitrogens with one attached hydrogen (secondary N) is 1. The van der Waals surface area contributed by atoms with Crippen LogP contribution in [0, 0.1) is 6.92 Å². The molecule has 9 heteroatoms. The van der Waals surface area contributed by atoms with Crippen LogP contribution in [0.5, 0.6) is 0 Å². The number of carbonyl (C=O) groups is 1. The Labute approximate surface area is 156 Å². The van der Waals surface area contributed by atoms with Gasteiger partial charge in [0, 0.05) is 38.4 Å². The van der Waals surface area contributed by atoms with Crippen molar-refractivity contribution in [2.24, 2.45) is 0 Å². The smallest absolute Gasteiger partial charge is 0.274 e. The average molecular weight is 365 g/mol. The summed E-state index contributed by atoms with van der Waals surface area (Å²) in [6, 6.07) is 7.59. The molecular formula is C18H19N7O2. The van der Waals surface area contributed by atoms with Crippen molar-refractivity contribution in [2.45, 2.75) is 6.92 Å². The van der Waals surface area contributed by atoms with E-state index in [1.165, 1.54) is 12.4 Å². The van der Waals surface area contributed by atoms with E-state index >= 15 is 0 Å². The van der Waals surface area contributed by atoms with Gasteiger partial charge in [-0.25, -0.2) is 15.0 Å². The number of piperazine rings is 1. The maximum absolute atomic E-state index is 12.7. The molecule has 0 spiro atoms. The van der Waals surface area contributed by atoms with Crippen LogP contribution in [0.4, 0.5) is 17.5 Å². The molecule has 1 saturated heterocycles. The van der Waals surface area contributed by atoms with Crippen molar-refractivity contribution in [2.75, 3.05) is 36.4 Å². The summed E-state index contributed by atoms with van der Waals surface area (Å²) in [5.74, 6) is 2.56. The zero-order valence-electron chi connectivity index (χ0n) is 14.9. The highest BCUT2D eigenvalue weighted by Crippen LogP contribution is 2.15. The molecule has 0 saturated carbocycles. The summed E-state index contributed by atoms with van der Waals surface area (Å²) in [7, 11) is 0. The number of hydrogen-bond donors (Lipinski definition) is 1. The molecule has 1 amide bonds. The Bertz CT molecular complexity index is 903. The third kappa shape index (κ3) is 3.86. The molecular weight excluding hydrogens is 346 g/mol. The number of anilines is 3. The minimum atomic E-state index is -0.119. The van der Waals surface area contributed by atoms with Crippen molar-refractivity contribution >= 4 is 23.4 Å². The number of hydrogen-bond acceptors (Lipinski definition) is 8. The molecule has 0 aromatic carbocycles. The molecule has 1 N–H and O–H groups in total. The lowest BCUT2D eigenvalue weighted by atomic mass is 10.2. The second kappa shape index (κ2) is 7.40. The minimum absolute atomic E-state index is 0.119. The molecule has 1 fully saturated rings. The maximum atomic E-state index is 12.7. The maximum Gasteiger partial charge on any atom is 0.274 e. The van der Waals surface area contributed by atoms with E-state index in [1.807, 2.05) is 18.2 Å². The standard InChI is InChI=1S/C18H19N7O2/c1-13-10-15(23-27-13)22-16-12-20-14(11-21-16)18(26)25-8-6-24(7-9-25)17-4-2-3-5-19-17/h2-5,10-12H,6-9H2,1H3,(H,21,22,23). The molecule has 0 radical (unpaired) electrons. The molecule has 27 heavy (non-hydrogen) atoms. The fraction of sp³-hybridized carbons (Fsp3) is 0.278. The van der Waals surface area contributed by atoms with E-state index < -0.39 is 0 Å². The number of carbonyl (C=O) groups excluding carboxylic acids is 1. The molecule has 0 aliphatic carbocycles. The lowest BCUT2D eigenvalue weighted by Crippen LogP contribution is -2.49. The van der Waals surface area contributed by atoms with Gasteiger partial charge in [-0.3, -0.25) is 4.79 Å². The zero-order chi connectivity index (χ0) is 18.6. The molecule has 3 aromatic heterocycles. The second-order valence-corrected chi connectivity index (χ2v) is 6.20. The molecule has 0 bridgehead atoms. The summed E-state index contributed by atoms with van der Waals surface area (Å²) in [6.45, 7) is 4.52. The number of pyridine rings is 1. The first-order valence-corrected chi connectivity index (χ1v) is 8.67. The Hall–Kier alpha value is -3.49. The largest absolute Gasteiger partial charge is 0.360 e. The van der Waals surface area contributed by atoms with Gasteiger partial charge < -0.3 is 19.6 Å². The Balaban J connectivity index is 1.36. The van der Waals surface area contributed by atoms with Gasteiger partial charge >= 0.3 is 0 Å². The van der Waals surface area contributed by atoms with Crippen molar-refractivity contribution in [3.63, 3.8) is 0 Å². The Morgan fingerprint density at radius 1 is 1.07 bits per heavy atom. The van der Waals surface area contributed by atoms with Crippen LogP contribution in [-0.2, 0) is 0 Å². The average Bonchev–Trinajstić information content (AvgIpc) is 3.13. The van der Waals surface area contributed by atoms with Gasteiger partial charge in [0.1, 0.15) is 23.1 Å². The predicted octanol–water partition coefficient (Wildman–Crippen LogP) is 1.87. The highest BCUT2D eigenvalue weighted by atomic mass is 16.5. The van der Waals surface area contributed by atoms with Crippen LogP contribution in [0.25, 0.3) is 0 Å². The summed E-state index contributed by atoms with van der Waals surface area (Å²) < 4.78 is 4.99. The van der Waals surface area contributed by atoms with Crippen LogP contribution in [0.1, 0.15) is 16.2 Å². The van der Waals surface area contributed by atoms with E-state index in [-0.39, 0.29) is 5.91 Å². The van der Waals surface area contributed by atoms with Crippen molar-refractivity contribution in [1.82, 2.24) is 25.0 Å². The first-order chi connectivity index (χ1) is 13.2. The molecule has 0 unspecified atom stereocenters. The lowest BCUT2D eigenvalue weighted by Gasteiger charge is -2.35. The molecule has 1 aliphatic rings. The van der Waals surface area contributed by atoms with Crippen molar-refractivity contribution in [3.05, 3.63) is 54.3 Å². The SMILES string of the molecule is Cc1cc(Nc2cnc(C(=O)N3CCN(c4ccccn4)CC3)cn2)no1. The van der Waals surface area contributed by atoms with E-state index in [4.69, 9.17) is 4.52 Å². The van der Waals surface area contributed by atoms with Crippen LogP contribution in [-0.4, -0.2) is 57.1 Å². The van der Waals surface area contributed by atoms with Crippen LogP contribution < -0.4 is 10.2 Å². The molecule has 3 aromatic rings. The number of nitrogens with zero attached hydrogens (tertiary/aromatic N) is 6. The molecule has 0 atom stereocenters. The number of amides is 1. The highest BCUT2D eigenvalue weighted by molar-refractivity contribution is 5.92. The van der Waals surface area contributed by atoms with Crippen LogP contribution >= 0.6 is 0 Å². The summed E-state index contributed by atoms with van der Waals surface area (Å²) in [5, 5.41) is 6.81. The van der Waals surface area contributed by atoms with Gasteiger partial charge in [-0.1, -0.05) is 11.2 Å². The third-order valence-corrected chi connectivity index (χ3v) is 4.30. The van der Waals surface area contributed by atoms with Crippen molar-refractivity contribution in [3.8, 4) is 0 Å². The van der Waals surface area contributed by atoms with Gasteiger partial charge in [0.2, 0.25) is 0 Å². The van der Waals surface area contributed by atoms with E-state index in [0.29, 0.717) is 36.2 Å². The summed E-state index contributed by atoms with van der Waals surface area (Å²) in [4.78, 5) is 29.4. The van der Waals surface area contributed by atoms with Gasteiger partial charge in [-0.15, -0.1) is 0 Å².